The zero-order chi connectivity index (χ0) is 12.3. The molecule has 1 atom stereocenters. The third-order valence-corrected chi connectivity index (χ3v) is 3.28. The van der Waals surface area contributed by atoms with Crippen LogP contribution in [0.5, 0.6) is 0 Å². The first kappa shape index (κ1) is 12.0. The van der Waals surface area contributed by atoms with Gasteiger partial charge < -0.3 is 0 Å². The summed E-state index contributed by atoms with van der Waals surface area (Å²) < 4.78 is 0. The van der Waals surface area contributed by atoms with Gasteiger partial charge in [0.15, 0.2) is 0 Å². The minimum atomic E-state index is -0.314. The van der Waals surface area contributed by atoms with E-state index in [4.69, 9.17) is 23.2 Å². The molecule has 1 nitrogen and oxygen atoms in total. The quantitative estimate of drug-likeness (QED) is 0.772. The zero-order valence-electron chi connectivity index (χ0n) is 8.90. The topological polar surface area (TPSA) is 23.8 Å². The predicted octanol–water partition coefficient (Wildman–Crippen LogP) is 4.65. The van der Waals surface area contributed by atoms with Gasteiger partial charge in [0.25, 0.3) is 0 Å². The fraction of sp³-hybridized carbons (Fsp3) is 0.0714. The number of hydrogen-bond acceptors (Lipinski definition) is 1. The highest BCUT2D eigenvalue weighted by molar-refractivity contribution is 6.42. The molecule has 2 aromatic carbocycles. The molecule has 2 rings (SSSR count). The van der Waals surface area contributed by atoms with E-state index in [2.05, 4.69) is 6.07 Å². The van der Waals surface area contributed by atoms with Crippen LogP contribution in [-0.4, -0.2) is 0 Å². The van der Waals surface area contributed by atoms with Crippen molar-refractivity contribution < 1.29 is 0 Å². The molecule has 0 aliphatic carbocycles. The van der Waals surface area contributed by atoms with Crippen molar-refractivity contribution in [2.75, 3.05) is 0 Å². The van der Waals surface area contributed by atoms with E-state index in [0.717, 1.165) is 11.1 Å². The van der Waals surface area contributed by atoms with Crippen LogP contribution in [0.25, 0.3) is 0 Å². The molecule has 0 bridgehead atoms. The van der Waals surface area contributed by atoms with Crippen LogP contribution in [0.1, 0.15) is 17.0 Å². The molecule has 0 fully saturated rings. The van der Waals surface area contributed by atoms with Crippen molar-refractivity contribution in [1.82, 2.24) is 0 Å². The molecule has 0 N–H and O–H groups in total. The van der Waals surface area contributed by atoms with Crippen molar-refractivity contribution in [3.05, 3.63) is 69.7 Å². The predicted molar refractivity (Wildman–Crippen MR) is 70.4 cm³/mol. The normalized spacial score (nSPS) is 11.8. The van der Waals surface area contributed by atoms with E-state index in [0.29, 0.717) is 10.0 Å². The summed E-state index contributed by atoms with van der Waals surface area (Å²) in [4.78, 5) is 0. The van der Waals surface area contributed by atoms with Gasteiger partial charge in [-0.15, -0.1) is 0 Å². The van der Waals surface area contributed by atoms with Gasteiger partial charge in [-0.2, -0.15) is 5.26 Å². The first-order chi connectivity index (χ1) is 8.22. The van der Waals surface area contributed by atoms with Crippen LogP contribution < -0.4 is 0 Å². The Balaban J connectivity index is 2.44. The minimum Gasteiger partial charge on any atom is -0.197 e. The van der Waals surface area contributed by atoms with Crippen molar-refractivity contribution in [1.29, 1.82) is 5.26 Å². The average Bonchev–Trinajstić information content (AvgIpc) is 2.36. The van der Waals surface area contributed by atoms with Gasteiger partial charge in [0, 0.05) is 0 Å². The number of benzene rings is 2. The lowest BCUT2D eigenvalue weighted by Crippen LogP contribution is -1.97. The lowest BCUT2D eigenvalue weighted by molar-refractivity contribution is 1.04. The summed E-state index contributed by atoms with van der Waals surface area (Å²) in [6.07, 6.45) is 0. The highest BCUT2D eigenvalue weighted by Gasteiger charge is 2.13. The fourth-order valence-electron chi connectivity index (χ4n) is 1.68. The van der Waals surface area contributed by atoms with Gasteiger partial charge in [-0.05, 0) is 23.3 Å². The molecule has 0 aliphatic rings. The Labute approximate surface area is 110 Å². The molecule has 0 aromatic heterocycles. The van der Waals surface area contributed by atoms with E-state index in [1.807, 2.05) is 36.4 Å². The van der Waals surface area contributed by atoms with Crippen molar-refractivity contribution in [2.24, 2.45) is 0 Å². The Hall–Kier alpha value is -1.49. The molecule has 0 heterocycles. The highest BCUT2D eigenvalue weighted by atomic mass is 35.5. The van der Waals surface area contributed by atoms with Gasteiger partial charge in [0.1, 0.15) is 0 Å². The second kappa shape index (κ2) is 5.23. The molecule has 0 amide bonds. The van der Waals surface area contributed by atoms with Crippen LogP contribution in [0.2, 0.25) is 10.0 Å². The molecule has 0 spiro atoms. The Kier molecular flexibility index (Phi) is 3.68. The van der Waals surface area contributed by atoms with Crippen LogP contribution >= 0.6 is 23.2 Å². The van der Waals surface area contributed by atoms with Gasteiger partial charge >= 0.3 is 0 Å². The standard InChI is InChI=1S/C14H9Cl2N/c15-13-7-6-11(8-14(13)16)12(9-17)10-4-2-1-3-5-10/h1-8,12H/t12-/m0/s1. The van der Waals surface area contributed by atoms with Crippen molar-refractivity contribution in [3.8, 4) is 6.07 Å². The van der Waals surface area contributed by atoms with E-state index in [1.54, 1.807) is 12.1 Å². The van der Waals surface area contributed by atoms with Gasteiger partial charge in [-0.1, -0.05) is 59.6 Å². The third kappa shape index (κ3) is 2.61. The molecular formula is C14H9Cl2N. The zero-order valence-corrected chi connectivity index (χ0v) is 10.4. The monoisotopic (exact) mass is 261 g/mol. The Morgan fingerprint density at radius 1 is 0.882 bits per heavy atom. The van der Waals surface area contributed by atoms with Gasteiger partial charge in [0.2, 0.25) is 0 Å². The summed E-state index contributed by atoms with van der Waals surface area (Å²) in [5.41, 5.74) is 1.81. The van der Waals surface area contributed by atoms with E-state index in [-0.39, 0.29) is 5.92 Å². The summed E-state index contributed by atoms with van der Waals surface area (Å²) >= 11 is 11.8. The largest absolute Gasteiger partial charge is 0.197 e. The number of hydrogen-bond donors (Lipinski definition) is 0. The van der Waals surface area contributed by atoms with Gasteiger partial charge in [-0.25, -0.2) is 0 Å². The second-order valence-corrected chi connectivity index (χ2v) is 4.46. The Morgan fingerprint density at radius 2 is 1.59 bits per heavy atom. The maximum atomic E-state index is 9.27. The molecule has 0 unspecified atom stereocenters. The van der Waals surface area contributed by atoms with Crippen molar-refractivity contribution >= 4 is 23.2 Å². The molecule has 2 aromatic rings. The number of halogens is 2. The van der Waals surface area contributed by atoms with Crippen LogP contribution in [0.3, 0.4) is 0 Å². The SMILES string of the molecule is N#C[C@@H](c1ccccc1)c1ccc(Cl)c(Cl)c1. The highest BCUT2D eigenvalue weighted by Crippen LogP contribution is 2.29. The summed E-state index contributed by atoms with van der Waals surface area (Å²) in [5, 5.41) is 10.2. The summed E-state index contributed by atoms with van der Waals surface area (Å²) in [6, 6.07) is 17.2. The Morgan fingerprint density at radius 3 is 2.18 bits per heavy atom. The molecule has 0 saturated carbocycles. The molecule has 0 aliphatic heterocycles. The van der Waals surface area contributed by atoms with E-state index in [9.17, 15) is 5.26 Å². The molecule has 17 heavy (non-hydrogen) atoms. The van der Waals surface area contributed by atoms with Crippen LogP contribution in [0.4, 0.5) is 0 Å². The van der Waals surface area contributed by atoms with Crippen molar-refractivity contribution in [3.63, 3.8) is 0 Å². The smallest absolute Gasteiger partial charge is 0.0963 e. The van der Waals surface area contributed by atoms with Crippen LogP contribution in [0, 0.1) is 11.3 Å². The van der Waals surface area contributed by atoms with Gasteiger partial charge in [-0.3, -0.25) is 0 Å². The summed E-state index contributed by atoms with van der Waals surface area (Å²) in [5.74, 6) is -0.314. The van der Waals surface area contributed by atoms with Crippen LogP contribution in [-0.2, 0) is 0 Å². The van der Waals surface area contributed by atoms with Crippen LogP contribution in [0.15, 0.2) is 48.5 Å². The minimum absolute atomic E-state index is 0.314. The number of nitriles is 1. The molecule has 84 valence electrons. The van der Waals surface area contributed by atoms with Crippen molar-refractivity contribution in [2.45, 2.75) is 5.92 Å². The van der Waals surface area contributed by atoms with E-state index in [1.165, 1.54) is 0 Å². The summed E-state index contributed by atoms with van der Waals surface area (Å²) in [7, 11) is 0. The lowest BCUT2D eigenvalue weighted by atomic mass is 9.93. The number of nitrogens with zero attached hydrogens (tertiary/aromatic N) is 1. The average molecular weight is 262 g/mol. The first-order valence-corrected chi connectivity index (χ1v) is 5.87. The maximum absolute atomic E-state index is 9.27. The Bertz CT molecular complexity index is 558. The van der Waals surface area contributed by atoms with E-state index < -0.39 is 0 Å². The first-order valence-electron chi connectivity index (χ1n) is 5.12. The fourth-order valence-corrected chi connectivity index (χ4v) is 1.99. The molecule has 0 radical (unpaired) electrons. The van der Waals surface area contributed by atoms with Gasteiger partial charge in [0.05, 0.1) is 22.0 Å². The lowest BCUT2D eigenvalue weighted by Gasteiger charge is -2.10. The maximum Gasteiger partial charge on any atom is 0.0963 e. The molecule has 3 heteroatoms. The molecule has 0 saturated heterocycles. The third-order valence-electron chi connectivity index (χ3n) is 2.54. The number of rotatable bonds is 2. The second-order valence-electron chi connectivity index (χ2n) is 3.65. The molecular weight excluding hydrogens is 253 g/mol. The summed E-state index contributed by atoms with van der Waals surface area (Å²) in [6.45, 7) is 0. The van der Waals surface area contributed by atoms with E-state index >= 15 is 0 Å².